The van der Waals surface area contributed by atoms with Crippen molar-refractivity contribution in [2.75, 3.05) is 13.1 Å². The number of Topliss-reactive ketones (excluding diaryl/α,β-unsaturated/α-hetero) is 1. The highest BCUT2D eigenvalue weighted by atomic mass is 35.5. The van der Waals surface area contributed by atoms with E-state index in [4.69, 9.17) is 27.9 Å². The molecule has 6 heteroatoms. The number of allylic oxidation sites excluding steroid dienone is 1. The third-order valence-corrected chi connectivity index (χ3v) is 5.65. The number of ketones is 1. The van der Waals surface area contributed by atoms with Gasteiger partial charge in [-0.1, -0.05) is 68.8 Å². The molecule has 0 fully saturated rings. The average Bonchev–Trinajstić information content (AvgIpc) is 2.95. The molecule has 160 valence electrons. The Kier molecular flexibility index (Phi) is 7.12. The number of quaternary nitrogens is 1. The van der Waals surface area contributed by atoms with Gasteiger partial charge in [-0.05, 0) is 24.3 Å². The van der Waals surface area contributed by atoms with Crippen molar-refractivity contribution in [1.29, 1.82) is 0 Å². The molecule has 0 bridgehead atoms. The van der Waals surface area contributed by atoms with Crippen molar-refractivity contribution in [3.63, 3.8) is 0 Å². The molecular formula is C24H27Cl2NO3. The van der Waals surface area contributed by atoms with Crippen LogP contribution in [-0.2, 0) is 6.54 Å². The van der Waals surface area contributed by atoms with Gasteiger partial charge in [0.2, 0.25) is 5.78 Å². The van der Waals surface area contributed by atoms with Gasteiger partial charge in [0.15, 0.2) is 5.76 Å². The Balaban J connectivity index is 1.97. The highest BCUT2D eigenvalue weighted by molar-refractivity contribution is 6.37. The number of fused-ring (bicyclic) bond motifs is 1. The maximum absolute atomic E-state index is 12.9. The molecule has 0 amide bonds. The zero-order valence-electron chi connectivity index (χ0n) is 17.7. The number of carbonyl (C=O) groups is 1. The van der Waals surface area contributed by atoms with E-state index in [1.54, 1.807) is 30.3 Å². The quantitative estimate of drug-likeness (QED) is 0.640. The van der Waals surface area contributed by atoms with Gasteiger partial charge in [0.25, 0.3) is 0 Å². The fraction of sp³-hybridized carbons (Fsp3) is 0.375. The second kappa shape index (κ2) is 9.42. The molecule has 0 radical (unpaired) electrons. The number of nitrogens with one attached hydrogen (secondary N) is 1. The molecule has 0 saturated heterocycles. The van der Waals surface area contributed by atoms with E-state index in [0.717, 1.165) is 13.1 Å². The molecule has 2 aromatic carbocycles. The van der Waals surface area contributed by atoms with Crippen LogP contribution in [0.3, 0.4) is 0 Å². The molecule has 0 aliphatic carbocycles. The number of benzene rings is 2. The molecule has 1 N–H and O–H groups in total. The topological polar surface area (TPSA) is 53.8 Å². The van der Waals surface area contributed by atoms with Crippen molar-refractivity contribution in [3.05, 3.63) is 62.8 Å². The lowest BCUT2D eigenvalue weighted by Crippen LogP contribution is -3.11. The second-order valence-electron chi connectivity index (χ2n) is 8.62. The van der Waals surface area contributed by atoms with Crippen molar-refractivity contribution in [2.24, 2.45) is 11.8 Å². The minimum Gasteiger partial charge on any atom is -0.872 e. The van der Waals surface area contributed by atoms with Gasteiger partial charge in [-0.3, -0.25) is 4.79 Å². The molecule has 1 aliphatic rings. The maximum Gasteiger partial charge on any atom is 0.231 e. The number of rotatable bonds is 7. The summed E-state index contributed by atoms with van der Waals surface area (Å²) in [5, 5.41) is 13.6. The lowest BCUT2D eigenvalue weighted by atomic mass is 10.0. The Hall–Kier alpha value is -2.01. The molecule has 1 aliphatic heterocycles. The standard InChI is InChI=1S/C24H27Cl2NO3/c1-14(2)11-27(12-15(3)4)13-18-21(28)9-8-16-23(29)22(30-24(16)18)10-17-19(25)6-5-7-20(17)26/h5-10,14-15,28H,11-13H2,1-4H3. The van der Waals surface area contributed by atoms with E-state index in [-0.39, 0.29) is 17.3 Å². The largest absolute Gasteiger partial charge is 0.872 e. The summed E-state index contributed by atoms with van der Waals surface area (Å²) in [5.41, 5.74) is 1.48. The third-order valence-electron chi connectivity index (χ3n) is 4.99. The van der Waals surface area contributed by atoms with Gasteiger partial charge in [-0.25, -0.2) is 0 Å². The Labute approximate surface area is 188 Å². The number of hydrogen-bond donors (Lipinski definition) is 1. The van der Waals surface area contributed by atoms with Crippen LogP contribution in [0.5, 0.6) is 11.5 Å². The van der Waals surface area contributed by atoms with Gasteiger partial charge in [-0.2, -0.15) is 0 Å². The van der Waals surface area contributed by atoms with Crippen molar-refractivity contribution >= 4 is 35.1 Å². The number of halogens is 2. The summed E-state index contributed by atoms with van der Waals surface area (Å²) in [5.74, 6) is 1.10. The molecule has 3 rings (SSSR count). The molecular weight excluding hydrogens is 421 g/mol. The zero-order valence-corrected chi connectivity index (χ0v) is 19.2. The van der Waals surface area contributed by atoms with Crippen LogP contribution in [0.15, 0.2) is 36.1 Å². The van der Waals surface area contributed by atoms with E-state index in [9.17, 15) is 9.90 Å². The van der Waals surface area contributed by atoms with Crippen LogP contribution in [0.2, 0.25) is 10.0 Å². The summed E-state index contributed by atoms with van der Waals surface area (Å²) >= 11 is 12.5. The Morgan fingerprint density at radius 3 is 2.20 bits per heavy atom. The van der Waals surface area contributed by atoms with E-state index in [0.29, 0.717) is 50.9 Å². The molecule has 2 aromatic rings. The zero-order chi connectivity index (χ0) is 22.0. The summed E-state index contributed by atoms with van der Waals surface area (Å²) in [6.45, 7) is 11.1. The van der Waals surface area contributed by atoms with Crippen LogP contribution in [0.4, 0.5) is 0 Å². The third kappa shape index (κ3) is 5.00. The maximum atomic E-state index is 12.9. The van der Waals surface area contributed by atoms with E-state index >= 15 is 0 Å². The monoisotopic (exact) mass is 447 g/mol. The Bertz CT molecular complexity index is 952. The van der Waals surface area contributed by atoms with Crippen LogP contribution in [-0.4, -0.2) is 18.9 Å². The van der Waals surface area contributed by atoms with Crippen molar-refractivity contribution in [2.45, 2.75) is 34.2 Å². The fourth-order valence-corrected chi connectivity index (χ4v) is 4.38. The van der Waals surface area contributed by atoms with E-state index < -0.39 is 0 Å². The van der Waals surface area contributed by atoms with Gasteiger partial charge in [0.05, 0.1) is 18.7 Å². The average molecular weight is 448 g/mol. The highest BCUT2D eigenvalue weighted by Crippen LogP contribution is 2.39. The molecule has 0 aromatic heterocycles. The van der Waals surface area contributed by atoms with E-state index in [2.05, 4.69) is 27.7 Å². The fourth-order valence-electron chi connectivity index (χ4n) is 3.87. The molecule has 0 saturated carbocycles. The lowest BCUT2D eigenvalue weighted by Gasteiger charge is -2.26. The van der Waals surface area contributed by atoms with Crippen LogP contribution < -0.4 is 14.7 Å². The summed E-state index contributed by atoms with van der Waals surface area (Å²) in [6, 6.07) is 8.15. The molecule has 0 unspecified atom stereocenters. The minimum absolute atomic E-state index is 0.108. The Morgan fingerprint density at radius 2 is 1.63 bits per heavy atom. The van der Waals surface area contributed by atoms with Crippen LogP contribution in [0, 0.1) is 11.8 Å². The van der Waals surface area contributed by atoms with E-state index in [1.165, 1.54) is 11.0 Å². The van der Waals surface area contributed by atoms with Gasteiger partial charge < -0.3 is 14.7 Å². The Morgan fingerprint density at radius 1 is 1.03 bits per heavy atom. The van der Waals surface area contributed by atoms with Crippen molar-refractivity contribution in [1.82, 2.24) is 0 Å². The summed E-state index contributed by atoms with van der Waals surface area (Å²) < 4.78 is 5.94. The van der Waals surface area contributed by atoms with Gasteiger partial charge in [-0.15, -0.1) is 0 Å². The van der Waals surface area contributed by atoms with Gasteiger partial charge in [0, 0.05) is 33.0 Å². The van der Waals surface area contributed by atoms with Crippen molar-refractivity contribution < 1.29 is 19.5 Å². The predicted molar refractivity (Wildman–Crippen MR) is 119 cm³/mol. The number of hydrogen-bond acceptors (Lipinski definition) is 3. The van der Waals surface area contributed by atoms with Crippen molar-refractivity contribution in [3.8, 4) is 11.5 Å². The lowest BCUT2D eigenvalue weighted by molar-refractivity contribution is -0.919. The number of ether oxygens (including phenoxy) is 1. The van der Waals surface area contributed by atoms with Crippen LogP contribution in [0.25, 0.3) is 6.08 Å². The first-order valence-corrected chi connectivity index (χ1v) is 11.0. The first-order valence-electron chi connectivity index (χ1n) is 10.2. The normalized spacial score (nSPS) is 14.8. The van der Waals surface area contributed by atoms with Gasteiger partial charge in [0.1, 0.15) is 12.3 Å². The van der Waals surface area contributed by atoms with E-state index in [1.807, 2.05) is 0 Å². The highest BCUT2D eigenvalue weighted by Gasteiger charge is 2.31. The first kappa shape index (κ1) is 22.7. The predicted octanol–water partition coefficient (Wildman–Crippen LogP) is 4.38. The summed E-state index contributed by atoms with van der Waals surface area (Å²) in [4.78, 5) is 14.2. The molecule has 0 atom stereocenters. The minimum atomic E-state index is -0.267. The SMILES string of the molecule is CC(C)C[NH+](Cc1c([O-])ccc2c1OC(=Cc1c(Cl)cccc1Cl)C2=O)CC(C)C. The first-order chi connectivity index (χ1) is 14.2. The molecule has 4 nitrogen and oxygen atoms in total. The second-order valence-corrected chi connectivity index (χ2v) is 9.43. The molecule has 1 heterocycles. The molecule has 0 spiro atoms. The molecule has 30 heavy (non-hydrogen) atoms. The smallest absolute Gasteiger partial charge is 0.231 e. The van der Waals surface area contributed by atoms with Crippen LogP contribution >= 0.6 is 23.2 Å². The van der Waals surface area contributed by atoms with Crippen LogP contribution in [0.1, 0.15) is 49.2 Å². The summed E-state index contributed by atoms with van der Waals surface area (Å²) in [6.07, 6.45) is 1.55. The van der Waals surface area contributed by atoms with Gasteiger partial charge >= 0.3 is 0 Å². The summed E-state index contributed by atoms with van der Waals surface area (Å²) in [7, 11) is 0. The number of carbonyl (C=O) groups excluding carboxylic acids is 1.